The van der Waals surface area contributed by atoms with Crippen LogP contribution in [0, 0.1) is 33.0 Å². The number of aromatic nitrogens is 8. The molecule has 18 rings (SSSR count). The largest absolute Gasteiger partial charge is 0.522 e. The first-order valence-corrected chi connectivity index (χ1v) is 42.5. The third-order valence-electron chi connectivity index (χ3n) is 23.6. The van der Waals surface area contributed by atoms with Crippen molar-refractivity contribution in [1.29, 1.82) is 0 Å². The van der Waals surface area contributed by atoms with Gasteiger partial charge in [0.1, 0.15) is 23.1 Å². The zero-order valence-corrected chi connectivity index (χ0v) is 70.4. The Morgan fingerprint density at radius 2 is 0.746 bits per heavy atom. The number of carboxylic acids is 1. The molecule has 8 unspecified atom stereocenters. The Kier molecular flexibility index (Phi) is 30.8. The SMILES string of the molecule is CC1CC2COC[C@H](C1)N2.CC1CC2COC[C@H](C1)N2c1cnn(C2CC(OC(F)(F)F)C2)c1.CC1CC2COC[C@H](C1)N2c1cnn(C2CC(OC(F)(F)F)C2)c1.FC(F)(F)OC1CC(n2cc(I)cn2)C1.O=C(COc1ccc(Cl)c(F)c1)NC1CC2COC[C@H](C1)N2c1cnn(C2CC(OC(F)(F)F)C2)c1.O=C(O)COc1ccc(Cl)c(F)c1. The number of anilines is 3. The summed E-state index contributed by atoms with van der Waals surface area (Å²) in [5.74, 6) is -0.0263. The number of amides is 1. The number of halogens is 17. The molecule has 0 spiro atoms. The molecule has 3 N–H and O–H groups in total. The maximum Gasteiger partial charge on any atom is 0.522 e. The Morgan fingerprint density at radius 3 is 1.06 bits per heavy atom. The van der Waals surface area contributed by atoms with Crippen molar-refractivity contribution < 1.29 is 124 Å². The summed E-state index contributed by atoms with van der Waals surface area (Å²) < 4.78 is 229. The average molecular weight is 1900 g/mol. The molecule has 122 heavy (non-hydrogen) atoms. The molecule has 12 heterocycles. The van der Waals surface area contributed by atoms with Crippen LogP contribution >= 0.6 is 45.8 Å². The Morgan fingerprint density at radius 1 is 0.443 bits per heavy atom. The van der Waals surface area contributed by atoms with Crippen LogP contribution in [0.1, 0.15) is 148 Å². The van der Waals surface area contributed by atoms with Gasteiger partial charge in [-0.15, -0.1) is 52.7 Å². The molecule has 43 heteroatoms. The van der Waals surface area contributed by atoms with Crippen LogP contribution in [-0.4, -0.2) is 226 Å². The molecule has 8 bridgehead atoms. The highest BCUT2D eigenvalue weighted by molar-refractivity contribution is 14.1. The normalized spacial score (nSPS) is 30.7. The average Bonchev–Trinajstić information content (AvgIpc) is 1.47. The number of fused-ring (bicyclic) bond motifs is 8. The molecule has 12 fully saturated rings. The summed E-state index contributed by atoms with van der Waals surface area (Å²) in [5, 5.41) is 31.9. The second kappa shape index (κ2) is 40.4. The van der Waals surface area contributed by atoms with Gasteiger partial charge >= 0.3 is 31.4 Å². The summed E-state index contributed by atoms with van der Waals surface area (Å²) in [6.45, 7) is 11.9. The minimum atomic E-state index is -4.62. The number of ether oxygens (including phenoxy) is 10. The van der Waals surface area contributed by atoms with Gasteiger partial charge in [-0.2, -0.15) is 20.4 Å². The lowest BCUT2D eigenvalue weighted by Crippen LogP contribution is -2.61. The summed E-state index contributed by atoms with van der Waals surface area (Å²) >= 11 is 13.2. The zero-order valence-electron chi connectivity index (χ0n) is 66.7. The monoisotopic (exact) mass is 1900 g/mol. The van der Waals surface area contributed by atoms with Gasteiger partial charge in [0, 0.05) is 55.0 Å². The number of hydrogen-bond acceptors (Lipinski definition) is 20. The van der Waals surface area contributed by atoms with Gasteiger partial charge in [0.05, 0.1) is 193 Å². The van der Waals surface area contributed by atoms with E-state index in [1.807, 2.05) is 37.2 Å². The Labute approximate surface area is 717 Å². The highest BCUT2D eigenvalue weighted by atomic mass is 127. The standard InChI is InChI=1S/C23H25ClF4N4O4.2C16H22F3N3O2.C8H6ClFO3.C8H8F3IN2O.C8H15NO/c24-20-2-1-18(7-21(20)25)35-12-22(33)30-13-3-15-10-34-11-16(4-13)32(15)17-8-29-31(9-17)14-5-19(6-14)36-23(26,27)28;2*1-10-2-12-8-23-9-13(3-10)22(12)14-6-20-21(7-14)11-4-15(5-11)24-16(17,18)19;9-6-2-1-5(3-7(6)10)13-4-8(11)12;9-8(10,11)15-7-1-6(2-7)14-4-5(12)3-13-14;1-6-2-7-4-10-5-8(3-6)9-7/h1-2,7-9,13-16,19H,3-6,10-12H2,(H,30,33);2*6-7,10-13,15H,2-5,8-9H2,1H3;1-3H,4H2,(H,11,12);3-4,6-7H,1-2H2;6-9H,2-5H2,1H3/t13?,14?,15-,16?,19?;2*10?,11?,12-,13?,15?;;;6?,7-,8?/m000..0/s1. The molecule has 4 saturated carbocycles. The molecule has 26 nitrogen and oxygen atoms in total. The molecule has 12 aliphatic rings. The molecule has 1 amide bonds. The number of rotatable bonds is 18. The van der Waals surface area contributed by atoms with Gasteiger partial charge in [0.2, 0.25) is 0 Å². The van der Waals surface area contributed by atoms with Crippen molar-refractivity contribution in [3.05, 3.63) is 111 Å². The number of piperidine rings is 4. The Balaban J connectivity index is 0.000000132. The number of alkyl halides is 12. The minimum Gasteiger partial charge on any atom is -0.484 e. The van der Waals surface area contributed by atoms with Crippen molar-refractivity contribution in [3.63, 3.8) is 0 Å². The molecule has 12 atom stereocenters. The lowest BCUT2D eigenvalue weighted by atomic mass is 9.86. The predicted octanol–water partition coefficient (Wildman–Crippen LogP) is 15.5. The summed E-state index contributed by atoms with van der Waals surface area (Å²) in [4.78, 5) is 29.5. The first kappa shape index (κ1) is 92.8. The minimum absolute atomic E-state index is 0.00842. The lowest BCUT2D eigenvalue weighted by Gasteiger charge is -2.49. The van der Waals surface area contributed by atoms with Gasteiger partial charge in [-0.05, 0) is 167 Å². The molecule has 8 aliphatic heterocycles. The first-order valence-electron chi connectivity index (χ1n) is 40.7. The lowest BCUT2D eigenvalue weighted by molar-refractivity contribution is -0.354. The summed E-state index contributed by atoms with van der Waals surface area (Å²) in [6, 6.07) is 10.3. The molecule has 2 aromatic carbocycles. The number of hydrogen-bond donors (Lipinski definition) is 3. The molecule has 4 aliphatic carbocycles. The summed E-state index contributed by atoms with van der Waals surface area (Å²) in [5.41, 5.74) is 2.99. The van der Waals surface area contributed by atoms with E-state index in [9.17, 15) is 71.1 Å². The van der Waals surface area contributed by atoms with Gasteiger partial charge in [-0.25, -0.2) is 13.6 Å². The van der Waals surface area contributed by atoms with Crippen LogP contribution in [0.3, 0.4) is 0 Å². The maximum absolute atomic E-state index is 13.5. The van der Waals surface area contributed by atoms with E-state index in [1.165, 1.54) is 37.1 Å². The quantitative estimate of drug-likeness (QED) is 0.0534. The Bertz CT molecular complexity index is 4220. The smallest absolute Gasteiger partial charge is 0.484 e. The third-order valence-corrected chi connectivity index (χ3v) is 24.8. The van der Waals surface area contributed by atoms with E-state index in [0.29, 0.717) is 113 Å². The van der Waals surface area contributed by atoms with E-state index in [4.69, 9.17) is 56.7 Å². The van der Waals surface area contributed by atoms with Crippen LogP contribution in [0.4, 0.5) is 78.5 Å². The molecule has 6 aromatic rings. The van der Waals surface area contributed by atoms with E-state index in [0.717, 1.165) is 104 Å². The van der Waals surface area contributed by atoms with Crippen LogP contribution in [0.5, 0.6) is 11.5 Å². The van der Waals surface area contributed by atoms with Crippen molar-refractivity contribution >= 4 is 74.7 Å². The molecule has 676 valence electrons. The number of aliphatic carboxylic acids is 1. The van der Waals surface area contributed by atoms with Crippen molar-refractivity contribution in [3.8, 4) is 11.5 Å². The second-order valence-corrected chi connectivity index (χ2v) is 35.4. The van der Waals surface area contributed by atoms with E-state index in [-0.39, 0.29) is 89.2 Å². The first-order chi connectivity index (χ1) is 57.8. The molecular formula is C79H98Cl2F14IN13O13. The number of morpholine rings is 4. The highest BCUT2D eigenvalue weighted by Crippen LogP contribution is 2.45. The maximum atomic E-state index is 13.5. The van der Waals surface area contributed by atoms with Gasteiger partial charge in [0.15, 0.2) is 13.2 Å². The van der Waals surface area contributed by atoms with Crippen LogP contribution in [0.25, 0.3) is 0 Å². The Hall–Kier alpha value is -6.81. The summed E-state index contributed by atoms with van der Waals surface area (Å²) in [6.07, 6.45) is 4.40. The number of carboxylic acid groups (broad SMARTS) is 1. The fourth-order valence-electron chi connectivity index (χ4n) is 18.1. The second-order valence-electron chi connectivity index (χ2n) is 33.4. The van der Waals surface area contributed by atoms with E-state index in [1.54, 1.807) is 31.1 Å². The van der Waals surface area contributed by atoms with E-state index in [2.05, 4.69) is 108 Å². The molecule has 0 radical (unpaired) electrons. The van der Waals surface area contributed by atoms with Crippen LogP contribution in [0.15, 0.2) is 86.0 Å². The number of nitrogens with one attached hydrogen (secondary N) is 2. The molecular weight excluding hydrogens is 1800 g/mol. The fraction of sp³-hybridized carbons (Fsp3) is 0.671. The van der Waals surface area contributed by atoms with Gasteiger partial charge in [0.25, 0.3) is 5.91 Å². The number of carbonyl (C=O) groups excluding carboxylic acids is 1. The number of benzene rings is 2. The molecule has 8 saturated heterocycles. The van der Waals surface area contributed by atoms with Crippen LogP contribution in [0.2, 0.25) is 10.0 Å². The van der Waals surface area contributed by atoms with E-state index >= 15 is 0 Å². The fourth-order valence-corrected chi connectivity index (χ4v) is 18.8. The van der Waals surface area contributed by atoms with Crippen molar-refractivity contribution in [2.75, 3.05) is 80.8 Å². The van der Waals surface area contributed by atoms with Crippen molar-refractivity contribution in [2.24, 2.45) is 17.8 Å². The number of carbonyl (C=O) groups is 2. The van der Waals surface area contributed by atoms with Gasteiger partial charge in [-0.1, -0.05) is 44.0 Å². The highest BCUT2D eigenvalue weighted by Gasteiger charge is 2.48. The van der Waals surface area contributed by atoms with Crippen LogP contribution in [-0.2, 0) is 47.5 Å². The zero-order chi connectivity index (χ0) is 87.1. The number of nitrogens with zero attached hydrogens (tertiary/aromatic N) is 11. The predicted molar refractivity (Wildman–Crippen MR) is 420 cm³/mol. The molecule has 4 aromatic heterocycles. The van der Waals surface area contributed by atoms with Gasteiger partial charge < -0.3 is 58.9 Å². The van der Waals surface area contributed by atoms with Crippen molar-refractivity contribution in [2.45, 2.75) is 252 Å². The van der Waals surface area contributed by atoms with Crippen LogP contribution < -0.4 is 34.8 Å². The topological polar surface area (TPSA) is 252 Å². The van der Waals surface area contributed by atoms with Gasteiger partial charge in [-0.3, -0.25) is 42.5 Å². The van der Waals surface area contributed by atoms with Crippen molar-refractivity contribution in [1.82, 2.24) is 49.8 Å². The summed E-state index contributed by atoms with van der Waals surface area (Å²) in [7, 11) is 0. The van der Waals surface area contributed by atoms with E-state index < -0.39 is 74.1 Å². The third kappa shape index (κ3) is 26.2.